The van der Waals surface area contributed by atoms with Crippen LogP contribution >= 0.6 is 0 Å². The third kappa shape index (κ3) is 5.23. The van der Waals surface area contributed by atoms with Crippen LogP contribution in [-0.4, -0.2) is 8.07 Å². The first-order chi connectivity index (χ1) is 25.5. The highest BCUT2D eigenvalue weighted by molar-refractivity contribution is 7.03. The molecule has 53 heavy (non-hydrogen) atoms. The molecule has 6 aromatic carbocycles. The predicted octanol–water partition coefficient (Wildman–Crippen LogP) is 13.0. The Morgan fingerprint density at radius 2 is 1.26 bits per heavy atom. The van der Waals surface area contributed by atoms with Crippen LogP contribution in [0.1, 0.15) is 88.8 Å². The summed E-state index contributed by atoms with van der Waals surface area (Å²) in [6, 6.07) is 47.5. The van der Waals surface area contributed by atoms with Crippen LogP contribution in [0.5, 0.6) is 0 Å². The molecule has 0 spiro atoms. The molecule has 0 N–H and O–H groups in total. The predicted molar refractivity (Wildman–Crippen MR) is 230 cm³/mol. The molecule has 6 aromatic rings. The van der Waals surface area contributed by atoms with Gasteiger partial charge in [0.05, 0.1) is 0 Å². The summed E-state index contributed by atoms with van der Waals surface area (Å²) in [6.45, 7) is 14.8. The summed E-state index contributed by atoms with van der Waals surface area (Å²) in [6.07, 6.45) is 8.11. The highest BCUT2D eigenvalue weighted by Crippen LogP contribution is 2.53. The van der Waals surface area contributed by atoms with Gasteiger partial charge in [-0.15, -0.1) is 0 Å². The molecule has 2 saturated carbocycles. The Hall–Kier alpha value is -4.40. The molecule has 2 fully saturated rings. The summed E-state index contributed by atoms with van der Waals surface area (Å²) in [7, 11) is -1.71. The van der Waals surface area contributed by atoms with Gasteiger partial charge in [0.2, 0.25) is 0 Å². The molecule has 2 bridgehead atoms. The van der Waals surface area contributed by atoms with Gasteiger partial charge >= 0.3 is 0 Å². The fraction of sp³-hybridized carbons (Fsp3) is 0.333. The Kier molecular flexibility index (Phi) is 7.39. The maximum atomic E-state index is 2.53. The molecule has 3 unspecified atom stereocenters. The van der Waals surface area contributed by atoms with Crippen LogP contribution in [0.2, 0.25) is 13.1 Å². The van der Waals surface area contributed by atoms with E-state index in [2.05, 4.69) is 167 Å². The van der Waals surface area contributed by atoms with E-state index >= 15 is 0 Å². The van der Waals surface area contributed by atoms with E-state index in [-0.39, 0.29) is 10.8 Å². The molecule has 0 amide bonds. The second-order valence-electron chi connectivity index (χ2n) is 18.8. The summed E-state index contributed by atoms with van der Waals surface area (Å²) in [5.74, 6) is 2.57. The van der Waals surface area contributed by atoms with E-state index in [1.165, 1.54) is 99.7 Å². The molecule has 4 aliphatic rings. The number of nitrogens with zero attached hydrogens (tertiary/aromatic N) is 1. The standard InChI is InChI=1S/C51H53NSi/c1-50(2)26-27-51(3,4)47-32-40(23-24-46(47)50)52(38-20-16-35(17-21-38)43-29-33-14-15-36(43)28-33)39-22-18-34-10-9-12-41(44(34)31-39)37-19-25-49-45(30-37)42-11-7-8-13-48(42)53(49,5)6/h7-13,16-25,30-33,36,43H,14-15,26-29H2,1-6H3. The SMILES string of the molecule is CC1(C)CCC(C)(C)c2cc(N(c3ccc(C4CC5CCC4C5)cc3)c3ccc4cccc(-c5ccc6c(c5)-c5ccccc5[Si]6(C)C)c4c3)ccc21. The number of benzene rings is 6. The number of hydrogen-bond acceptors (Lipinski definition) is 1. The number of fused-ring (bicyclic) bond motifs is 7. The van der Waals surface area contributed by atoms with E-state index in [9.17, 15) is 0 Å². The van der Waals surface area contributed by atoms with Crippen molar-refractivity contribution in [3.63, 3.8) is 0 Å². The third-order valence-electron chi connectivity index (χ3n) is 14.4. The topological polar surface area (TPSA) is 3.24 Å². The van der Waals surface area contributed by atoms with Gasteiger partial charge in [-0.1, -0.05) is 126 Å². The molecule has 3 aliphatic carbocycles. The zero-order valence-electron chi connectivity index (χ0n) is 32.5. The molecule has 1 nitrogen and oxygen atoms in total. The minimum absolute atomic E-state index is 0.137. The molecule has 266 valence electrons. The molecular formula is C51H53NSi. The van der Waals surface area contributed by atoms with Gasteiger partial charge in [-0.2, -0.15) is 0 Å². The Morgan fingerprint density at radius 1 is 0.566 bits per heavy atom. The van der Waals surface area contributed by atoms with Crippen LogP contribution < -0.4 is 15.3 Å². The minimum Gasteiger partial charge on any atom is -0.310 e. The van der Waals surface area contributed by atoms with E-state index in [1.807, 2.05) is 0 Å². The van der Waals surface area contributed by atoms with Crippen molar-refractivity contribution in [1.29, 1.82) is 0 Å². The molecule has 0 aromatic heterocycles. The van der Waals surface area contributed by atoms with Gasteiger partial charge in [0.15, 0.2) is 0 Å². The normalized spacial score (nSPS) is 22.7. The van der Waals surface area contributed by atoms with Gasteiger partial charge in [-0.05, 0) is 163 Å². The van der Waals surface area contributed by atoms with Gasteiger partial charge in [-0.25, -0.2) is 0 Å². The Morgan fingerprint density at radius 3 is 2.04 bits per heavy atom. The average Bonchev–Trinajstić information content (AvgIpc) is 3.87. The van der Waals surface area contributed by atoms with Crippen molar-refractivity contribution in [2.24, 2.45) is 11.8 Å². The van der Waals surface area contributed by atoms with Crippen molar-refractivity contribution < 1.29 is 0 Å². The Balaban J connectivity index is 1.12. The summed E-state index contributed by atoms with van der Waals surface area (Å²) < 4.78 is 0. The number of anilines is 3. The minimum atomic E-state index is -1.71. The van der Waals surface area contributed by atoms with Crippen LogP contribution in [0.25, 0.3) is 33.0 Å². The summed E-state index contributed by atoms with van der Waals surface area (Å²) >= 11 is 0. The van der Waals surface area contributed by atoms with Crippen LogP contribution in [0.15, 0.2) is 121 Å². The molecule has 0 saturated heterocycles. The van der Waals surface area contributed by atoms with E-state index in [0.29, 0.717) is 0 Å². The number of rotatable bonds is 5. The zero-order valence-corrected chi connectivity index (χ0v) is 33.5. The first kappa shape index (κ1) is 33.2. The van der Waals surface area contributed by atoms with Crippen molar-refractivity contribution in [2.75, 3.05) is 4.90 Å². The molecule has 1 aliphatic heterocycles. The zero-order chi connectivity index (χ0) is 36.3. The van der Waals surface area contributed by atoms with Gasteiger partial charge in [0.25, 0.3) is 0 Å². The van der Waals surface area contributed by atoms with Crippen LogP contribution in [-0.2, 0) is 10.8 Å². The largest absolute Gasteiger partial charge is 0.310 e. The lowest BCUT2D eigenvalue weighted by molar-refractivity contribution is 0.332. The van der Waals surface area contributed by atoms with Crippen LogP contribution in [0, 0.1) is 11.8 Å². The average molecular weight is 708 g/mol. The van der Waals surface area contributed by atoms with Crippen molar-refractivity contribution in [3.8, 4) is 22.3 Å². The summed E-state index contributed by atoms with van der Waals surface area (Å²) in [4.78, 5) is 2.53. The molecule has 2 heteroatoms. The summed E-state index contributed by atoms with van der Waals surface area (Å²) in [5, 5.41) is 5.70. The van der Waals surface area contributed by atoms with E-state index in [1.54, 1.807) is 15.9 Å². The molecule has 1 heterocycles. The highest BCUT2D eigenvalue weighted by Gasteiger charge is 2.41. The highest BCUT2D eigenvalue weighted by atomic mass is 28.3. The van der Waals surface area contributed by atoms with Crippen molar-refractivity contribution in [2.45, 2.75) is 96.1 Å². The molecule has 3 atom stereocenters. The van der Waals surface area contributed by atoms with Crippen LogP contribution in [0.4, 0.5) is 17.1 Å². The van der Waals surface area contributed by atoms with Gasteiger partial charge < -0.3 is 4.90 Å². The maximum Gasteiger partial charge on any atom is 0.113 e. The quantitative estimate of drug-likeness (QED) is 0.161. The molecular weight excluding hydrogens is 655 g/mol. The van der Waals surface area contributed by atoms with Gasteiger partial charge in [0.1, 0.15) is 8.07 Å². The fourth-order valence-corrected chi connectivity index (χ4v) is 14.3. The summed E-state index contributed by atoms with van der Waals surface area (Å²) in [5.41, 5.74) is 14.0. The van der Waals surface area contributed by atoms with Crippen molar-refractivity contribution in [3.05, 3.63) is 138 Å². The number of hydrogen-bond donors (Lipinski definition) is 0. The lowest BCUT2D eigenvalue weighted by Gasteiger charge is -2.42. The maximum absolute atomic E-state index is 2.53. The lowest BCUT2D eigenvalue weighted by Crippen LogP contribution is -2.49. The third-order valence-corrected chi connectivity index (χ3v) is 18.0. The smallest absolute Gasteiger partial charge is 0.113 e. The Bertz CT molecular complexity index is 2410. The lowest BCUT2D eigenvalue weighted by atomic mass is 9.63. The second kappa shape index (κ2) is 11.8. The van der Waals surface area contributed by atoms with Gasteiger partial charge in [-0.3, -0.25) is 0 Å². The van der Waals surface area contributed by atoms with Crippen molar-refractivity contribution >= 4 is 46.3 Å². The first-order valence-electron chi connectivity index (χ1n) is 20.3. The second-order valence-corrected chi connectivity index (χ2v) is 23.2. The van der Waals surface area contributed by atoms with Crippen molar-refractivity contribution in [1.82, 2.24) is 0 Å². The molecule has 10 rings (SSSR count). The van der Waals surface area contributed by atoms with Gasteiger partial charge in [0, 0.05) is 17.1 Å². The van der Waals surface area contributed by atoms with Crippen LogP contribution in [0.3, 0.4) is 0 Å². The molecule has 0 radical (unpaired) electrons. The monoisotopic (exact) mass is 707 g/mol. The van der Waals surface area contributed by atoms with E-state index in [4.69, 9.17) is 0 Å². The van der Waals surface area contributed by atoms with E-state index in [0.717, 1.165) is 17.8 Å². The van der Waals surface area contributed by atoms with E-state index < -0.39 is 8.07 Å². The Labute approximate surface area is 318 Å². The first-order valence-corrected chi connectivity index (χ1v) is 23.3. The fourth-order valence-electron chi connectivity index (χ4n) is 11.2.